The molecule has 0 bridgehead atoms. The first-order valence-electron chi connectivity index (χ1n) is 6.68. The molecule has 0 saturated heterocycles. The lowest BCUT2D eigenvalue weighted by atomic mass is 10.0. The molecule has 0 aliphatic carbocycles. The van der Waals surface area contributed by atoms with Crippen molar-refractivity contribution in [1.82, 2.24) is 4.98 Å². The Labute approximate surface area is 120 Å². The standard InChI is InChI=1S/C16H21N3O/c1-11-6-8-13(9-7-11)15(20-3)12(2)19-16-14(17)5-4-10-18-16/h4-10,12,15H,17H2,1-3H3,(H,18,19)/t12-,15-/m0/s1. The number of methoxy groups -OCH3 is 1. The van der Waals surface area contributed by atoms with Gasteiger partial charge in [0.15, 0.2) is 0 Å². The summed E-state index contributed by atoms with van der Waals surface area (Å²) in [6.07, 6.45) is 1.66. The van der Waals surface area contributed by atoms with Gasteiger partial charge >= 0.3 is 0 Å². The van der Waals surface area contributed by atoms with Gasteiger partial charge in [0.1, 0.15) is 11.9 Å². The van der Waals surface area contributed by atoms with Crippen molar-refractivity contribution in [3.05, 3.63) is 53.7 Å². The number of ether oxygens (including phenoxy) is 1. The van der Waals surface area contributed by atoms with Crippen LogP contribution in [0.4, 0.5) is 11.5 Å². The molecular formula is C16H21N3O. The van der Waals surface area contributed by atoms with Crippen LogP contribution < -0.4 is 11.1 Å². The van der Waals surface area contributed by atoms with Crippen LogP contribution in [-0.2, 0) is 4.74 Å². The molecule has 0 radical (unpaired) electrons. The fourth-order valence-corrected chi connectivity index (χ4v) is 2.21. The molecule has 0 aliphatic heterocycles. The summed E-state index contributed by atoms with van der Waals surface area (Å²) in [6, 6.07) is 12.0. The van der Waals surface area contributed by atoms with E-state index in [0.717, 1.165) is 5.56 Å². The number of nitrogens with one attached hydrogen (secondary N) is 1. The third-order valence-corrected chi connectivity index (χ3v) is 3.32. The Morgan fingerprint density at radius 2 is 1.90 bits per heavy atom. The highest BCUT2D eigenvalue weighted by molar-refractivity contribution is 5.60. The normalized spacial score (nSPS) is 13.8. The van der Waals surface area contributed by atoms with Crippen LogP contribution in [0.2, 0.25) is 0 Å². The summed E-state index contributed by atoms with van der Waals surface area (Å²) in [7, 11) is 1.71. The van der Waals surface area contributed by atoms with Crippen LogP contribution in [0.15, 0.2) is 42.6 Å². The number of benzene rings is 1. The van der Waals surface area contributed by atoms with E-state index >= 15 is 0 Å². The molecule has 20 heavy (non-hydrogen) atoms. The molecule has 106 valence electrons. The Kier molecular flexibility index (Phi) is 4.58. The van der Waals surface area contributed by atoms with Gasteiger partial charge in [0.25, 0.3) is 0 Å². The lowest BCUT2D eigenvalue weighted by Gasteiger charge is -2.25. The van der Waals surface area contributed by atoms with Crippen molar-refractivity contribution in [2.24, 2.45) is 0 Å². The summed E-state index contributed by atoms with van der Waals surface area (Å²) in [4.78, 5) is 4.25. The average molecular weight is 271 g/mol. The minimum atomic E-state index is -0.0583. The second kappa shape index (κ2) is 6.39. The van der Waals surface area contributed by atoms with Gasteiger partial charge in [-0.15, -0.1) is 0 Å². The predicted molar refractivity (Wildman–Crippen MR) is 82.7 cm³/mol. The van der Waals surface area contributed by atoms with Crippen LogP contribution in [-0.4, -0.2) is 18.1 Å². The van der Waals surface area contributed by atoms with E-state index in [4.69, 9.17) is 10.5 Å². The largest absolute Gasteiger partial charge is 0.396 e. The third kappa shape index (κ3) is 3.27. The van der Waals surface area contributed by atoms with Gasteiger partial charge in [-0.2, -0.15) is 0 Å². The van der Waals surface area contributed by atoms with Crippen LogP contribution in [0.25, 0.3) is 0 Å². The molecule has 0 fully saturated rings. The van der Waals surface area contributed by atoms with Gasteiger partial charge < -0.3 is 15.8 Å². The Bertz CT molecular complexity index is 554. The van der Waals surface area contributed by atoms with Gasteiger partial charge in [-0.25, -0.2) is 4.98 Å². The molecule has 0 aliphatic rings. The van der Waals surface area contributed by atoms with Gasteiger partial charge in [-0.05, 0) is 31.5 Å². The zero-order valence-corrected chi connectivity index (χ0v) is 12.1. The van der Waals surface area contributed by atoms with Crippen molar-refractivity contribution < 1.29 is 4.74 Å². The maximum Gasteiger partial charge on any atom is 0.149 e. The van der Waals surface area contributed by atoms with Crippen molar-refractivity contribution in [1.29, 1.82) is 0 Å². The first-order valence-corrected chi connectivity index (χ1v) is 6.68. The third-order valence-electron chi connectivity index (χ3n) is 3.32. The van der Waals surface area contributed by atoms with E-state index in [2.05, 4.69) is 48.4 Å². The number of aryl methyl sites for hydroxylation is 1. The number of nitrogens with two attached hydrogens (primary N) is 1. The van der Waals surface area contributed by atoms with E-state index in [-0.39, 0.29) is 12.1 Å². The summed E-state index contributed by atoms with van der Waals surface area (Å²) < 4.78 is 5.62. The summed E-state index contributed by atoms with van der Waals surface area (Å²) in [5.74, 6) is 0.689. The Morgan fingerprint density at radius 3 is 2.50 bits per heavy atom. The first-order chi connectivity index (χ1) is 9.61. The van der Waals surface area contributed by atoms with Gasteiger partial charge in [-0.3, -0.25) is 0 Å². The van der Waals surface area contributed by atoms with Gasteiger partial charge in [0, 0.05) is 13.3 Å². The van der Waals surface area contributed by atoms with E-state index in [1.807, 2.05) is 12.1 Å². The number of nitrogen functional groups attached to an aromatic ring is 1. The SMILES string of the molecule is CO[C@H](c1ccc(C)cc1)[C@H](C)Nc1ncccc1N. The summed E-state index contributed by atoms with van der Waals surface area (Å²) >= 11 is 0. The minimum absolute atomic E-state index is 0.0555. The van der Waals surface area contributed by atoms with Gasteiger partial charge in [-0.1, -0.05) is 29.8 Å². The Hall–Kier alpha value is -2.07. The molecular weight excluding hydrogens is 250 g/mol. The Morgan fingerprint density at radius 1 is 1.20 bits per heavy atom. The van der Waals surface area contributed by atoms with Crippen LogP contribution in [0.5, 0.6) is 0 Å². The smallest absolute Gasteiger partial charge is 0.149 e. The maximum absolute atomic E-state index is 5.90. The fourth-order valence-electron chi connectivity index (χ4n) is 2.21. The summed E-state index contributed by atoms with van der Waals surface area (Å²) in [5, 5.41) is 3.31. The zero-order chi connectivity index (χ0) is 14.5. The number of nitrogens with zero attached hydrogens (tertiary/aromatic N) is 1. The molecule has 0 spiro atoms. The van der Waals surface area contributed by atoms with Crippen LogP contribution in [0.1, 0.15) is 24.2 Å². The molecule has 2 aromatic rings. The monoisotopic (exact) mass is 271 g/mol. The molecule has 1 heterocycles. The Balaban J connectivity index is 2.15. The van der Waals surface area contributed by atoms with E-state index < -0.39 is 0 Å². The maximum atomic E-state index is 5.90. The van der Waals surface area contributed by atoms with Crippen molar-refractivity contribution in [2.75, 3.05) is 18.2 Å². The van der Waals surface area contributed by atoms with Gasteiger partial charge in [0.2, 0.25) is 0 Å². The molecule has 0 amide bonds. The number of hydrogen-bond donors (Lipinski definition) is 2. The van der Waals surface area contributed by atoms with E-state index in [1.165, 1.54) is 5.56 Å². The molecule has 2 atom stereocenters. The minimum Gasteiger partial charge on any atom is -0.396 e. The molecule has 0 unspecified atom stereocenters. The summed E-state index contributed by atoms with van der Waals surface area (Å²) in [5.41, 5.74) is 8.91. The lowest BCUT2D eigenvalue weighted by Crippen LogP contribution is -2.26. The predicted octanol–water partition coefficient (Wildman–Crippen LogP) is 3.16. The second-order valence-electron chi connectivity index (χ2n) is 4.94. The molecule has 0 saturated carbocycles. The zero-order valence-electron chi connectivity index (χ0n) is 12.1. The van der Waals surface area contributed by atoms with E-state index in [0.29, 0.717) is 11.5 Å². The molecule has 4 heteroatoms. The molecule has 4 nitrogen and oxygen atoms in total. The highest BCUT2D eigenvalue weighted by Crippen LogP contribution is 2.24. The fraction of sp³-hybridized carbons (Fsp3) is 0.312. The van der Waals surface area contributed by atoms with Crippen molar-refractivity contribution in [2.45, 2.75) is 26.0 Å². The number of rotatable bonds is 5. The van der Waals surface area contributed by atoms with Crippen LogP contribution in [0, 0.1) is 6.92 Å². The molecule has 2 rings (SSSR count). The van der Waals surface area contributed by atoms with Crippen molar-refractivity contribution in [3.8, 4) is 0 Å². The first kappa shape index (κ1) is 14.3. The highest BCUT2D eigenvalue weighted by atomic mass is 16.5. The van der Waals surface area contributed by atoms with Gasteiger partial charge in [0.05, 0.1) is 11.7 Å². The molecule has 1 aromatic carbocycles. The van der Waals surface area contributed by atoms with Crippen molar-refractivity contribution in [3.63, 3.8) is 0 Å². The second-order valence-corrected chi connectivity index (χ2v) is 4.94. The number of hydrogen-bond acceptors (Lipinski definition) is 4. The number of anilines is 2. The van der Waals surface area contributed by atoms with Crippen molar-refractivity contribution >= 4 is 11.5 Å². The average Bonchev–Trinajstić information content (AvgIpc) is 2.44. The van der Waals surface area contributed by atoms with E-state index in [9.17, 15) is 0 Å². The number of pyridine rings is 1. The topological polar surface area (TPSA) is 60.2 Å². The quantitative estimate of drug-likeness (QED) is 0.877. The molecule has 1 aromatic heterocycles. The van der Waals surface area contributed by atoms with Crippen LogP contribution >= 0.6 is 0 Å². The highest BCUT2D eigenvalue weighted by Gasteiger charge is 2.19. The lowest BCUT2D eigenvalue weighted by molar-refractivity contribution is 0.0907. The summed E-state index contributed by atoms with van der Waals surface area (Å²) in [6.45, 7) is 4.13. The van der Waals surface area contributed by atoms with Crippen LogP contribution in [0.3, 0.4) is 0 Å². The van der Waals surface area contributed by atoms with E-state index in [1.54, 1.807) is 13.3 Å². The number of aromatic nitrogens is 1. The molecule has 3 N–H and O–H groups in total.